The smallest absolute Gasteiger partial charge is 0.234 e. The van der Waals surface area contributed by atoms with Crippen LogP contribution in [0, 0.1) is 5.82 Å². The Hall–Kier alpha value is -2.25. The highest BCUT2D eigenvalue weighted by molar-refractivity contribution is 7.09. The van der Waals surface area contributed by atoms with Crippen LogP contribution in [0.15, 0.2) is 40.2 Å². The van der Waals surface area contributed by atoms with E-state index in [9.17, 15) is 9.18 Å². The van der Waals surface area contributed by atoms with Crippen LogP contribution in [0.1, 0.15) is 29.3 Å². The van der Waals surface area contributed by atoms with Crippen molar-refractivity contribution in [1.82, 2.24) is 15.4 Å². The molecule has 1 N–H and O–H groups in total. The molecule has 5 nitrogen and oxygen atoms in total. The molecule has 0 saturated carbocycles. The predicted octanol–water partition coefficient (Wildman–Crippen LogP) is 3.52. The number of nitrogens with zero attached hydrogens (tertiary/aromatic N) is 2. The number of fused-ring (bicyclic) bond motifs is 1. The SMILES string of the molecule is O=C(CN1CCC(c2noc3cc(F)ccc23)CC1)NCc1cccs1. The van der Waals surface area contributed by atoms with Gasteiger partial charge in [0, 0.05) is 22.2 Å². The summed E-state index contributed by atoms with van der Waals surface area (Å²) in [5.74, 6) is 0.0231. The number of amides is 1. The fourth-order valence-electron chi connectivity index (χ4n) is 3.45. The van der Waals surface area contributed by atoms with Crippen molar-refractivity contribution in [2.75, 3.05) is 19.6 Å². The maximum atomic E-state index is 13.3. The molecule has 3 heterocycles. The monoisotopic (exact) mass is 373 g/mol. The number of hydrogen-bond donors (Lipinski definition) is 1. The van der Waals surface area contributed by atoms with Gasteiger partial charge < -0.3 is 9.84 Å². The number of carbonyl (C=O) groups is 1. The molecule has 0 bridgehead atoms. The summed E-state index contributed by atoms with van der Waals surface area (Å²) < 4.78 is 18.6. The number of thiophene rings is 1. The quantitative estimate of drug-likeness (QED) is 0.743. The summed E-state index contributed by atoms with van der Waals surface area (Å²) in [6.07, 6.45) is 1.83. The van der Waals surface area contributed by atoms with Crippen molar-refractivity contribution < 1.29 is 13.7 Å². The van der Waals surface area contributed by atoms with Crippen LogP contribution in [0.3, 0.4) is 0 Å². The minimum atomic E-state index is -0.316. The Morgan fingerprint density at radius 3 is 2.96 bits per heavy atom. The lowest BCUT2D eigenvalue weighted by molar-refractivity contribution is -0.122. The first-order valence-corrected chi connectivity index (χ1v) is 9.63. The van der Waals surface area contributed by atoms with Crippen LogP contribution in [0.2, 0.25) is 0 Å². The van der Waals surface area contributed by atoms with Gasteiger partial charge in [-0.3, -0.25) is 9.69 Å². The molecular weight excluding hydrogens is 353 g/mol. The molecule has 1 saturated heterocycles. The fourth-order valence-corrected chi connectivity index (χ4v) is 4.09. The van der Waals surface area contributed by atoms with Gasteiger partial charge in [0.25, 0.3) is 0 Å². The second-order valence-corrected chi connectivity index (χ2v) is 7.65. The Labute approximate surface area is 154 Å². The van der Waals surface area contributed by atoms with E-state index in [-0.39, 0.29) is 17.6 Å². The van der Waals surface area contributed by atoms with E-state index in [2.05, 4.69) is 15.4 Å². The zero-order valence-electron chi connectivity index (χ0n) is 14.3. The van der Waals surface area contributed by atoms with Gasteiger partial charge in [-0.15, -0.1) is 11.3 Å². The Morgan fingerprint density at radius 1 is 1.35 bits per heavy atom. The third kappa shape index (κ3) is 3.78. The minimum Gasteiger partial charge on any atom is -0.356 e. The number of piperidine rings is 1. The number of carbonyl (C=O) groups excluding carboxylic acids is 1. The lowest BCUT2D eigenvalue weighted by Gasteiger charge is -2.30. The van der Waals surface area contributed by atoms with Crippen LogP contribution < -0.4 is 5.32 Å². The molecular formula is C19H20FN3O2S. The van der Waals surface area contributed by atoms with Crippen molar-refractivity contribution in [2.45, 2.75) is 25.3 Å². The Kier molecular flexibility index (Phi) is 4.99. The molecule has 0 aliphatic carbocycles. The number of hydrogen-bond acceptors (Lipinski definition) is 5. The molecule has 4 rings (SSSR count). The lowest BCUT2D eigenvalue weighted by Crippen LogP contribution is -2.41. The topological polar surface area (TPSA) is 58.4 Å². The molecule has 1 aromatic carbocycles. The van der Waals surface area contributed by atoms with E-state index in [1.165, 1.54) is 12.1 Å². The largest absolute Gasteiger partial charge is 0.356 e. The third-order valence-electron chi connectivity index (χ3n) is 4.84. The lowest BCUT2D eigenvalue weighted by atomic mass is 9.91. The molecule has 1 amide bonds. The first-order valence-electron chi connectivity index (χ1n) is 8.75. The molecule has 0 atom stereocenters. The van der Waals surface area contributed by atoms with Crippen LogP contribution in [-0.2, 0) is 11.3 Å². The maximum absolute atomic E-state index is 13.3. The molecule has 26 heavy (non-hydrogen) atoms. The standard InChI is InChI=1S/C19H20FN3O2S/c20-14-3-4-16-17(10-14)25-22-19(16)13-5-7-23(8-6-13)12-18(24)21-11-15-2-1-9-26-15/h1-4,9-10,13H,5-8,11-12H2,(H,21,24). The van der Waals surface area contributed by atoms with E-state index in [0.29, 0.717) is 18.7 Å². The number of halogens is 1. The zero-order valence-corrected chi connectivity index (χ0v) is 15.1. The summed E-state index contributed by atoms with van der Waals surface area (Å²) in [6.45, 7) is 2.69. The van der Waals surface area contributed by atoms with Gasteiger partial charge in [0.1, 0.15) is 5.82 Å². The van der Waals surface area contributed by atoms with Crippen molar-refractivity contribution in [1.29, 1.82) is 0 Å². The first-order chi connectivity index (χ1) is 12.7. The van der Waals surface area contributed by atoms with Gasteiger partial charge in [-0.2, -0.15) is 0 Å². The van der Waals surface area contributed by atoms with Gasteiger partial charge in [-0.1, -0.05) is 11.2 Å². The number of aromatic nitrogens is 1. The fraction of sp³-hybridized carbons (Fsp3) is 0.368. The van der Waals surface area contributed by atoms with Crippen LogP contribution in [-0.4, -0.2) is 35.6 Å². The predicted molar refractivity (Wildman–Crippen MR) is 98.5 cm³/mol. The van der Waals surface area contributed by atoms with E-state index in [0.717, 1.165) is 41.9 Å². The van der Waals surface area contributed by atoms with E-state index in [4.69, 9.17) is 4.52 Å². The second-order valence-electron chi connectivity index (χ2n) is 6.61. The number of nitrogens with one attached hydrogen (secondary N) is 1. The van der Waals surface area contributed by atoms with Crippen molar-refractivity contribution in [3.05, 3.63) is 52.1 Å². The van der Waals surface area contributed by atoms with Crippen LogP contribution in [0.25, 0.3) is 11.0 Å². The summed E-state index contributed by atoms with van der Waals surface area (Å²) in [7, 11) is 0. The average Bonchev–Trinajstić information content (AvgIpc) is 3.30. The third-order valence-corrected chi connectivity index (χ3v) is 5.72. The minimum absolute atomic E-state index is 0.0548. The molecule has 0 radical (unpaired) electrons. The van der Waals surface area contributed by atoms with Gasteiger partial charge in [0.05, 0.1) is 18.8 Å². The highest BCUT2D eigenvalue weighted by Crippen LogP contribution is 2.32. The van der Waals surface area contributed by atoms with Gasteiger partial charge in [-0.05, 0) is 49.5 Å². The normalized spacial score (nSPS) is 16.2. The highest BCUT2D eigenvalue weighted by atomic mass is 32.1. The maximum Gasteiger partial charge on any atom is 0.234 e. The molecule has 0 unspecified atom stereocenters. The van der Waals surface area contributed by atoms with Gasteiger partial charge in [0.2, 0.25) is 5.91 Å². The summed E-state index contributed by atoms with van der Waals surface area (Å²) in [6, 6.07) is 8.55. The van der Waals surface area contributed by atoms with Crippen LogP contribution in [0.4, 0.5) is 4.39 Å². The van der Waals surface area contributed by atoms with Crippen molar-refractivity contribution in [2.24, 2.45) is 0 Å². The molecule has 1 aliphatic rings. The van der Waals surface area contributed by atoms with Gasteiger partial charge >= 0.3 is 0 Å². The Bertz CT molecular complexity index is 885. The van der Waals surface area contributed by atoms with E-state index >= 15 is 0 Å². The van der Waals surface area contributed by atoms with Gasteiger partial charge in [-0.25, -0.2) is 4.39 Å². The Morgan fingerprint density at radius 2 is 2.19 bits per heavy atom. The number of rotatable bonds is 5. The van der Waals surface area contributed by atoms with E-state index < -0.39 is 0 Å². The summed E-state index contributed by atoms with van der Waals surface area (Å²) in [5.41, 5.74) is 1.40. The Balaban J connectivity index is 1.30. The molecule has 136 valence electrons. The molecule has 7 heteroatoms. The highest BCUT2D eigenvalue weighted by Gasteiger charge is 2.26. The van der Waals surface area contributed by atoms with Crippen molar-refractivity contribution >= 4 is 28.2 Å². The van der Waals surface area contributed by atoms with Crippen molar-refractivity contribution in [3.63, 3.8) is 0 Å². The first kappa shape index (κ1) is 17.2. The van der Waals surface area contributed by atoms with Crippen LogP contribution >= 0.6 is 11.3 Å². The van der Waals surface area contributed by atoms with E-state index in [1.807, 2.05) is 17.5 Å². The zero-order chi connectivity index (χ0) is 17.9. The molecule has 1 aliphatic heterocycles. The molecule has 0 spiro atoms. The van der Waals surface area contributed by atoms with Gasteiger partial charge in [0.15, 0.2) is 5.58 Å². The summed E-state index contributed by atoms with van der Waals surface area (Å²) in [4.78, 5) is 15.4. The van der Waals surface area contributed by atoms with Crippen molar-refractivity contribution in [3.8, 4) is 0 Å². The van der Waals surface area contributed by atoms with Crippen LogP contribution in [0.5, 0.6) is 0 Å². The average molecular weight is 373 g/mol. The summed E-state index contributed by atoms with van der Waals surface area (Å²) in [5, 5.41) is 10.0. The second kappa shape index (κ2) is 7.55. The van der Waals surface area contributed by atoms with E-state index in [1.54, 1.807) is 17.4 Å². The summed E-state index contributed by atoms with van der Waals surface area (Å²) >= 11 is 1.64. The molecule has 2 aromatic heterocycles. The molecule has 3 aromatic rings. The molecule has 1 fully saturated rings. The number of likely N-dealkylation sites (tertiary alicyclic amines) is 1. The number of benzene rings is 1.